The fraction of sp³-hybridized carbons (Fsp3) is 0.571. The van der Waals surface area contributed by atoms with Crippen molar-refractivity contribution in [2.45, 2.75) is 50.5 Å². The van der Waals surface area contributed by atoms with Gasteiger partial charge in [0.15, 0.2) is 0 Å². The molecule has 0 bridgehead atoms. The third kappa shape index (κ3) is 8.74. The summed E-state index contributed by atoms with van der Waals surface area (Å²) in [5.41, 5.74) is 0.440. The monoisotopic (exact) mass is 746 g/mol. The zero-order chi connectivity index (χ0) is 36.1. The van der Waals surface area contributed by atoms with Crippen LogP contribution >= 0.6 is 23.8 Å². The lowest BCUT2D eigenvalue weighted by Crippen LogP contribution is -2.55. The van der Waals surface area contributed by atoms with Gasteiger partial charge in [-0.3, -0.25) is 14.6 Å². The third-order valence-corrected chi connectivity index (χ3v) is 10.7. The van der Waals surface area contributed by atoms with Gasteiger partial charge in [-0.05, 0) is 45.0 Å². The zero-order valence-electron chi connectivity index (χ0n) is 28.6. The molecule has 3 fully saturated rings. The molecule has 11 nitrogen and oxygen atoms in total. The molecule has 0 radical (unpaired) electrons. The summed E-state index contributed by atoms with van der Waals surface area (Å²) in [5.74, 6) is 0.443. The Morgan fingerprint density at radius 1 is 1.16 bits per heavy atom. The van der Waals surface area contributed by atoms with E-state index in [-0.39, 0.29) is 54.8 Å². The maximum absolute atomic E-state index is 14.2. The van der Waals surface area contributed by atoms with Crippen molar-refractivity contribution in [2.24, 2.45) is 0 Å². The number of alkyl halides is 3. The van der Waals surface area contributed by atoms with Gasteiger partial charge in [0.05, 0.1) is 60.3 Å². The highest BCUT2D eigenvalue weighted by Crippen LogP contribution is 2.43. The summed E-state index contributed by atoms with van der Waals surface area (Å²) in [6, 6.07) is 6.20. The zero-order valence-corrected chi connectivity index (χ0v) is 30.2. The fourth-order valence-electron chi connectivity index (χ4n) is 7.33. The van der Waals surface area contributed by atoms with Gasteiger partial charge in [0.1, 0.15) is 12.4 Å². The summed E-state index contributed by atoms with van der Waals surface area (Å²) in [4.78, 5) is 33.5. The van der Waals surface area contributed by atoms with Crippen molar-refractivity contribution in [3.8, 4) is 12.1 Å². The first kappa shape index (κ1) is 37.2. The Kier molecular flexibility index (Phi) is 12.0. The second kappa shape index (κ2) is 16.4. The van der Waals surface area contributed by atoms with Gasteiger partial charge in [0, 0.05) is 68.4 Å². The van der Waals surface area contributed by atoms with Crippen molar-refractivity contribution in [2.75, 3.05) is 89.0 Å². The lowest BCUT2D eigenvalue weighted by molar-refractivity contribution is -0.137. The van der Waals surface area contributed by atoms with Crippen LogP contribution in [0.15, 0.2) is 30.4 Å². The molecule has 51 heavy (non-hydrogen) atoms. The molecule has 0 N–H and O–H groups in total. The highest BCUT2D eigenvalue weighted by atomic mass is 35.5. The molecule has 16 heteroatoms. The summed E-state index contributed by atoms with van der Waals surface area (Å²) < 4.78 is 54.0. The number of hydrogen-bond donors (Lipinski definition) is 0. The van der Waals surface area contributed by atoms with E-state index in [0.29, 0.717) is 57.3 Å². The second-order valence-corrected chi connectivity index (χ2v) is 14.2. The molecular weight excluding hydrogens is 705 g/mol. The van der Waals surface area contributed by atoms with Crippen LogP contribution in [0.25, 0.3) is 0 Å². The fourth-order valence-corrected chi connectivity index (χ4v) is 7.96. The Bertz CT molecular complexity index is 1670. The molecule has 0 spiro atoms. The summed E-state index contributed by atoms with van der Waals surface area (Å²) in [6.45, 7) is 6.19. The minimum Gasteiger partial charge on any atom is -0.458 e. The molecule has 4 aliphatic rings. The van der Waals surface area contributed by atoms with Gasteiger partial charge in [-0.2, -0.15) is 28.4 Å². The van der Waals surface area contributed by atoms with Crippen LogP contribution in [0.3, 0.4) is 0 Å². The van der Waals surface area contributed by atoms with E-state index in [9.17, 15) is 23.2 Å². The largest absolute Gasteiger partial charge is 0.458 e. The summed E-state index contributed by atoms with van der Waals surface area (Å²) >= 11 is 11.8. The molecule has 274 valence electrons. The second-order valence-electron chi connectivity index (χ2n) is 13.3. The highest BCUT2D eigenvalue weighted by molar-refractivity contribution is 7.80. The molecule has 0 unspecified atom stereocenters. The van der Waals surface area contributed by atoms with Gasteiger partial charge >= 0.3 is 12.2 Å². The van der Waals surface area contributed by atoms with E-state index in [0.717, 1.165) is 42.9 Å². The molecule has 1 amide bonds. The molecular formula is C35H42ClF3N8O3S. The number of nitriles is 1. The normalized spacial score (nSPS) is 21.9. The number of morpholine rings is 1. The Balaban J connectivity index is 1.25. The number of carbonyl (C=O) groups excluding carboxylic acids is 1. The summed E-state index contributed by atoms with van der Waals surface area (Å²) in [6.07, 6.45) is 1.27. The van der Waals surface area contributed by atoms with Crippen LogP contribution in [0.4, 0.5) is 24.7 Å². The standard InChI is InChI=1S/C35H42ClF3N8O3S/c1-43-12-3-7-28(43)30(51)23-50-34-41-27-22-45(29-6-2-5-26(36)32(29)35(37,38)39)14-10-25(27)33(42-34)46-15-16-47(24(21-46)9-11-40)31(48)8-4-13-44-17-19-49-20-18-44/h2,4-6,8,24,28H,3,7,9-10,12-23H2,1H3/b8-4+/t24-,28-/m0/s1. The number of likely N-dealkylation sites (tertiary alicyclic amines) is 1. The number of hydrogen-bond acceptors (Lipinski definition) is 11. The molecule has 2 atom stereocenters. The Labute approximate surface area is 306 Å². The molecule has 0 saturated carbocycles. The third-order valence-electron chi connectivity index (χ3n) is 9.99. The molecule has 0 aliphatic carbocycles. The van der Waals surface area contributed by atoms with Gasteiger partial charge in [-0.25, -0.2) is 0 Å². The number of carbonyl (C=O) groups is 1. The first-order valence-corrected chi connectivity index (χ1v) is 18.1. The van der Waals surface area contributed by atoms with E-state index < -0.39 is 17.8 Å². The maximum atomic E-state index is 14.2. The van der Waals surface area contributed by atoms with Gasteiger partial charge in [0.2, 0.25) is 5.91 Å². The van der Waals surface area contributed by atoms with E-state index in [1.165, 1.54) is 18.2 Å². The SMILES string of the molecule is CN1CCC[C@H]1C(=S)COc1nc2c(c(N3CCN(C(=O)/C=C/CN4CCOCC4)[C@@H](CC#N)C3)n1)CCN(c1cccc(Cl)c1C(F)(F)F)C2. The molecule has 1 aromatic heterocycles. The number of nitrogens with zero attached hydrogens (tertiary/aromatic N) is 8. The number of amides is 1. The Hall–Kier alpha value is -3.55. The van der Waals surface area contributed by atoms with Gasteiger partial charge in [-0.1, -0.05) is 36.0 Å². The van der Waals surface area contributed by atoms with E-state index in [2.05, 4.69) is 15.9 Å². The number of piperazine rings is 1. The quantitative estimate of drug-likeness (QED) is 0.256. The van der Waals surface area contributed by atoms with Crippen LogP contribution in [0.2, 0.25) is 5.02 Å². The number of rotatable bonds is 10. The van der Waals surface area contributed by atoms with Gasteiger partial charge in [0.25, 0.3) is 0 Å². The van der Waals surface area contributed by atoms with Crippen LogP contribution < -0.4 is 14.5 Å². The topological polar surface area (TPSA) is 101 Å². The predicted octanol–water partition coefficient (Wildman–Crippen LogP) is 4.37. The number of halogens is 4. The van der Waals surface area contributed by atoms with Gasteiger partial charge < -0.3 is 24.2 Å². The van der Waals surface area contributed by atoms with Crippen LogP contribution in [0.5, 0.6) is 6.01 Å². The number of ether oxygens (including phenoxy) is 2. The number of fused-ring (bicyclic) bond motifs is 1. The average molecular weight is 747 g/mol. The first-order chi connectivity index (χ1) is 24.5. The van der Waals surface area contributed by atoms with Crippen LogP contribution in [-0.4, -0.2) is 127 Å². The minimum absolute atomic E-state index is 0.0170. The molecule has 6 rings (SSSR count). The molecule has 2 aromatic rings. The lowest BCUT2D eigenvalue weighted by atomic mass is 10.0. The van der Waals surface area contributed by atoms with E-state index in [1.807, 2.05) is 18.0 Å². The Morgan fingerprint density at radius 3 is 2.69 bits per heavy atom. The van der Waals surface area contributed by atoms with E-state index >= 15 is 0 Å². The summed E-state index contributed by atoms with van der Waals surface area (Å²) in [7, 11) is 2.03. The van der Waals surface area contributed by atoms with Crippen molar-refractivity contribution in [3.05, 3.63) is 52.2 Å². The van der Waals surface area contributed by atoms with Crippen molar-refractivity contribution >= 4 is 46.1 Å². The van der Waals surface area contributed by atoms with Crippen molar-refractivity contribution < 1.29 is 27.4 Å². The number of anilines is 2. The average Bonchev–Trinajstić information content (AvgIpc) is 3.55. The molecule has 3 saturated heterocycles. The van der Waals surface area contributed by atoms with Crippen molar-refractivity contribution in [1.29, 1.82) is 5.26 Å². The smallest absolute Gasteiger partial charge is 0.419 e. The Morgan fingerprint density at radius 2 is 1.96 bits per heavy atom. The number of aromatic nitrogens is 2. The van der Waals surface area contributed by atoms with Crippen LogP contribution in [-0.2, 0) is 28.7 Å². The first-order valence-electron chi connectivity index (χ1n) is 17.3. The highest BCUT2D eigenvalue weighted by Gasteiger charge is 2.39. The predicted molar refractivity (Wildman–Crippen MR) is 191 cm³/mol. The molecule has 4 aliphatic heterocycles. The number of benzene rings is 1. The summed E-state index contributed by atoms with van der Waals surface area (Å²) in [5, 5.41) is 9.36. The van der Waals surface area contributed by atoms with Crippen LogP contribution in [0.1, 0.15) is 36.1 Å². The minimum atomic E-state index is -4.65. The van der Waals surface area contributed by atoms with Crippen molar-refractivity contribution in [1.82, 2.24) is 24.7 Å². The van der Waals surface area contributed by atoms with E-state index in [4.69, 9.17) is 43.3 Å². The lowest BCUT2D eigenvalue weighted by Gasteiger charge is -2.42. The van der Waals surface area contributed by atoms with Crippen molar-refractivity contribution in [3.63, 3.8) is 0 Å². The number of thiocarbonyl (C=S) groups is 1. The molecule has 5 heterocycles. The molecule has 1 aromatic carbocycles. The van der Waals surface area contributed by atoms with Gasteiger partial charge in [-0.15, -0.1) is 0 Å². The van der Waals surface area contributed by atoms with E-state index in [1.54, 1.807) is 15.9 Å². The maximum Gasteiger partial charge on any atom is 0.419 e. The van der Waals surface area contributed by atoms with Crippen LogP contribution in [0, 0.1) is 11.3 Å².